The van der Waals surface area contributed by atoms with Gasteiger partial charge in [-0.1, -0.05) is 20.8 Å². The Morgan fingerprint density at radius 3 is 2.21 bits per heavy atom. The van der Waals surface area contributed by atoms with E-state index in [4.69, 9.17) is 0 Å². The molecule has 0 bridgehead atoms. The van der Waals surface area contributed by atoms with Crippen molar-refractivity contribution in [1.29, 1.82) is 0 Å². The molecular weight excluding hydrogens is 195 g/mol. The summed E-state index contributed by atoms with van der Waals surface area (Å²) < 4.78 is 38.2. The van der Waals surface area contributed by atoms with E-state index in [0.29, 0.717) is 6.54 Å². The molecule has 1 N–H and O–H groups in total. The van der Waals surface area contributed by atoms with E-state index in [9.17, 15) is 13.2 Å². The van der Waals surface area contributed by atoms with Crippen LogP contribution in [0.25, 0.3) is 0 Å². The lowest BCUT2D eigenvalue weighted by atomic mass is 9.90. The summed E-state index contributed by atoms with van der Waals surface area (Å²) >= 11 is 0. The van der Waals surface area contributed by atoms with Crippen LogP contribution in [0.1, 0.15) is 27.2 Å². The number of hydrogen-bond acceptors (Lipinski definition) is 2. The van der Waals surface area contributed by atoms with Gasteiger partial charge in [0.25, 0.3) is 0 Å². The first kappa shape index (κ1) is 13.7. The highest BCUT2D eigenvalue weighted by Crippen LogP contribution is 2.18. The monoisotopic (exact) mass is 213 g/mol. The van der Waals surface area contributed by atoms with Gasteiger partial charge in [0.15, 0.2) is 0 Å². The van der Waals surface area contributed by atoms with Crippen LogP contribution in [0.2, 0.25) is 0 Å². The van der Waals surface area contributed by atoms with Gasteiger partial charge in [-0.15, -0.1) is 13.2 Å². The molecule has 0 aliphatic rings. The number of alkyl halides is 3. The lowest BCUT2D eigenvalue weighted by molar-refractivity contribution is -0.323. The standard InChI is InChI=1S/C9H18F3NO/c1-4-8(2,3)7-13-5-6-14-9(10,11)12/h13H,4-7H2,1-3H3. The SMILES string of the molecule is CCC(C)(C)CNCCOC(F)(F)F. The minimum absolute atomic E-state index is 0.123. The summed E-state index contributed by atoms with van der Waals surface area (Å²) in [5.74, 6) is 0. The largest absolute Gasteiger partial charge is 0.522 e. The zero-order chi connectivity index (χ0) is 11.2. The number of nitrogens with one attached hydrogen (secondary N) is 1. The lowest BCUT2D eigenvalue weighted by Gasteiger charge is -2.22. The van der Waals surface area contributed by atoms with Gasteiger partial charge in [0.1, 0.15) is 0 Å². The van der Waals surface area contributed by atoms with E-state index in [1.807, 2.05) is 6.92 Å². The minimum Gasteiger partial charge on any atom is -0.314 e. The van der Waals surface area contributed by atoms with Crippen molar-refractivity contribution in [1.82, 2.24) is 5.32 Å². The Hall–Kier alpha value is -0.290. The fourth-order valence-corrected chi connectivity index (χ4v) is 0.791. The second-order valence-electron chi connectivity index (χ2n) is 3.99. The molecule has 0 aliphatic heterocycles. The van der Waals surface area contributed by atoms with Crippen LogP contribution in [0.15, 0.2) is 0 Å². The zero-order valence-corrected chi connectivity index (χ0v) is 8.87. The second kappa shape index (κ2) is 5.56. The fraction of sp³-hybridized carbons (Fsp3) is 1.00. The molecule has 86 valence electrons. The molecule has 0 spiro atoms. The van der Waals surface area contributed by atoms with Gasteiger partial charge in [-0.2, -0.15) is 0 Å². The predicted molar refractivity (Wildman–Crippen MR) is 48.9 cm³/mol. The molecule has 2 nitrogen and oxygen atoms in total. The summed E-state index contributed by atoms with van der Waals surface area (Å²) in [7, 11) is 0. The van der Waals surface area contributed by atoms with Gasteiger partial charge in [-0.05, 0) is 11.8 Å². The molecule has 0 heterocycles. The summed E-state index contributed by atoms with van der Waals surface area (Å²) in [6.07, 6.45) is -3.53. The van der Waals surface area contributed by atoms with E-state index in [1.54, 1.807) is 0 Å². The van der Waals surface area contributed by atoms with Crippen molar-refractivity contribution in [2.45, 2.75) is 33.6 Å². The molecule has 0 aromatic heterocycles. The van der Waals surface area contributed by atoms with Crippen molar-refractivity contribution >= 4 is 0 Å². The van der Waals surface area contributed by atoms with Gasteiger partial charge < -0.3 is 5.32 Å². The van der Waals surface area contributed by atoms with E-state index in [1.165, 1.54) is 0 Å². The summed E-state index contributed by atoms with van der Waals surface area (Å²) in [5.41, 5.74) is 0.123. The summed E-state index contributed by atoms with van der Waals surface area (Å²) in [6, 6.07) is 0. The van der Waals surface area contributed by atoms with Crippen LogP contribution < -0.4 is 5.32 Å². The van der Waals surface area contributed by atoms with Crippen LogP contribution in [0.4, 0.5) is 13.2 Å². The molecule has 0 amide bonds. The van der Waals surface area contributed by atoms with Crippen molar-refractivity contribution in [3.8, 4) is 0 Å². The molecule has 0 radical (unpaired) electrons. The van der Waals surface area contributed by atoms with E-state index in [-0.39, 0.29) is 18.6 Å². The number of halogens is 3. The van der Waals surface area contributed by atoms with Gasteiger partial charge in [-0.3, -0.25) is 4.74 Å². The van der Waals surface area contributed by atoms with Crippen LogP contribution in [-0.2, 0) is 4.74 Å². The quantitative estimate of drug-likeness (QED) is 0.685. The molecule has 0 atom stereocenters. The first-order valence-corrected chi connectivity index (χ1v) is 4.68. The number of ether oxygens (including phenoxy) is 1. The van der Waals surface area contributed by atoms with Gasteiger partial charge in [0, 0.05) is 13.1 Å². The van der Waals surface area contributed by atoms with E-state index >= 15 is 0 Å². The Bertz CT molecular complexity index is 157. The highest BCUT2D eigenvalue weighted by molar-refractivity contribution is 4.68. The average Bonchev–Trinajstić information content (AvgIpc) is 2.01. The first-order valence-electron chi connectivity index (χ1n) is 4.68. The van der Waals surface area contributed by atoms with Crippen molar-refractivity contribution in [2.24, 2.45) is 5.41 Å². The average molecular weight is 213 g/mol. The van der Waals surface area contributed by atoms with Gasteiger partial charge in [0.05, 0.1) is 6.61 Å². The van der Waals surface area contributed by atoms with Gasteiger partial charge >= 0.3 is 6.36 Å². The summed E-state index contributed by atoms with van der Waals surface area (Å²) in [6.45, 7) is 6.76. The molecule has 5 heteroatoms. The summed E-state index contributed by atoms with van der Waals surface area (Å²) in [4.78, 5) is 0. The summed E-state index contributed by atoms with van der Waals surface area (Å²) in [5, 5.41) is 2.92. The maximum absolute atomic E-state index is 11.5. The molecule has 0 fully saturated rings. The van der Waals surface area contributed by atoms with Crippen LogP contribution >= 0.6 is 0 Å². The van der Waals surface area contributed by atoms with E-state index in [0.717, 1.165) is 6.42 Å². The Balaban J connectivity index is 3.39. The normalized spacial score (nSPS) is 13.3. The fourth-order valence-electron chi connectivity index (χ4n) is 0.791. The molecule has 14 heavy (non-hydrogen) atoms. The molecule has 0 saturated heterocycles. The zero-order valence-electron chi connectivity index (χ0n) is 8.87. The van der Waals surface area contributed by atoms with Crippen molar-refractivity contribution in [2.75, 3.05) is 19.7 Å². The number of rotatable bonds is 6. The van der Waals surface area contributed by atoms with Crippen molar-refractivity contribution < 1.29 is 17.9 Å². The van der Waals surface area contributed by atoms with E-state index < -0.39 is 6.36 Å². The molecule has 0 unspecified atom stereocenters. The van der Waals surface area contributed by atoms with Crippen LogP contribution in [-0.4, -0.2) is 26.1 Å². The van der Waals surface area contributed by atoms with Crippen LogP contribution in [0.5, 0.6) is 0 Å². The Labute approximate surface area is 82.8 Å². The third kappa shape index (κ3) is 8.31. The lowest BCUT2D eigenvalue weighted by Crippen LogP contribution is -2.32. The Morgan fingerprint density at radius 1 is 1.21 bits per heavy atom. The predicted octanol–water partition coefficient (Wildman–Crippen LogP) is 2.55. The Morgan fingerprint density at radius 2 is 1.79 bits per heavy atom. The highest BCUT2D eigenvalue weighted by atomic mass is 19.4. The molecule has 0 aliphatic carbocycles. The maximum Gasteiger partial charge on any atom is 0.522 e. The maximum atomic E-state index is 11.5. The third-order valence-electron chi connectivity index (χ3n) is 2.11. The van der Waals surface area contributed by atoms with E-state index in [2.05, 4.69) is 23.9 Å². The third-order valence-corrected chi connectivity index (χ3v) is 2.11. The minimum atomic E-state index is -4.51. The molecule has 0 rings (SSSR count). The van der Waals surface area contributed by atoms with Crippen LogP contribution in [0.3, 0.4) is 0 Å². The number of hydrogen-bond donors (Lipinski definition) is 1. The molecule has 0 saturated carbocycles. The van der Waals surface area contributed by atoms with Crippen molar-refractivity contribution in [3.05, 3.63) is 0 Å². The van der Waals surface area contributed by atoms with Gasteiger partial charge in [0.2, 0.25) is 0 Å². The topological polar surface area (TPSA) is 21.3 Å². The van der Waals surface area contributed by atoms with Crippen LogP contribution in [0, 0.1) is 5.41 Å². The Kier molecular flexibility index (Phi) is 5.44. The molecular formula is C9H18F3NO. The molecule has 0 aromatic carbocycles. The molecule has 0 aromatic rings. The van der Waals surface area contributed by atoms with Crippen molar-refractivity contribution in [3.63, 3.8) is 0 Å². The highest BCUT2D eigenvalue weighted by Gasteiger charge is 2.28. The first-order chi connectivity index (χ1) is 6.27. The second-order valence-corrected chi connectivity index (χ2v) is 3.99. The smallest absolute Gasteiger partial charge is 0.314 e. The van der Waals surface area contributed by atoms with Gasteiger partial charge in [-0.25, -0.2) is 0 Å².